The number of fused-ring (bicyclic) bond motifs is 1. The van der Waals surface area contributed by atoms with E-state index in [-0.39, 0.29) is 23.9 Å². The van der Waals surface area contributed by atoms with E-state index in [1.165, 1.54) is 0 Å². The third-order valence-corrected chi connectivity index (χ3v) is 5.15. The van der Waals surface area contributed by atoms with E-state index in [2.05, 4.69) is 16.0 Å². The number of rotatable bonds is 4. The average molecular weight is 392 g/mol. The Balaban J connectivity index is 1.59. The molecule has 2 aromatic rings. The predicted molar refractivity (Wildman–Crippen MR) is 104 cm³/mol. The Morgan fingerprint density at radius 2 is 2.00 bits per heavy atom. The highest BCUT2D eigenvalue weighted by Crippen LogP contribution is 2.31. The molecule has 2 atom stereocenters. The predicted octanol–water partition coefficient (Wildman–Crippen LogP) is 4.48. The fourth-order valence-electron chi connectivity index (χ4n) is 3.01. The van der Waals surface area contributed by atoms with E-state index in [1.807, 2.05) is 37.3 Å². The number of urea groups is 1. The molecule has 3 N–H and O–H groups in total. The highest BCUT2D eigenvalue weighted by Gasteiger charge is 2.25. The lowest BCUT2D eigenvalue weighted by Gasteiger charge is -2.26. The zero-order valence-electron chi connectivity index (χ0n) is 14.2. The summed E-state index contributed by atoms with van der Waals surface area (Å²) in [6.07, 6.45) is 0.347. The summed E-state index contributed by atoms with van der Waals surface area (Å²) in [5.74, 6) is -0.0916. The van der Waals surface area contributed by atoms with Gasteiger partial charge in [-0.05, 0) is 36.2 Å². The summed E-state index contributed by atoms with van der Waals surface area (Å²) in [6.45, 7) is 2.24. The standard InChI is InChI=1S/C19H19Cl2N3O2/c1-11(12-6-7-15(20)16(21)8-12)23-19(26)22-10-13-9-18(25)24-17-5-3-2-4-14(13)17/h2-8,11,13H,9-10H2,1H3,(H,24,25)(H2,22,23,26). The van der Waals surface area contributed by atoms with Crippen LogP contribution in [0.2, 0.25) is 10.0 Å². The summed E-state index contributed by atoms with van der Waals surface area (Å²) in [7, 11) is 0. The minimum atomic E-state index is -0.299. The maximum atomic E-state index is 12.2. The molecule has 2 unspecified atom stereocenters. The van der Waals surface area contributed by atoms with Crippen molar-refractivity contribution in [1.82, 2.24) is 10.6 Å². The maximum absolute atomic E-state index is 12.2. The molecule has 3 rings (SSSR count). The summed E-state index contributed by atoms with van der Waals surface area (Å²) in [6, 6.07) is 12.4. The lowest BCUT2D eigenvalue weighted by atomic mass is 9.90. The van der Waals surface area contributed by atoms with Crippen molar-refractivity contribution < 1.29 is 9.59 Å². The van der Waals surface area contributed by atoms with Gasteiger partial charge in [0.2, 0.25) is 5.91 Å². The first-order valence-corrected chi connectivity index (χ1v) is 9.07. The van der Waals surface area contributed by atoms with Crippen molar-refractivity contribution in [3.63, 3.8) is 0 Å². The first-order chi connectivity index (χ1) is 12.4. The number of nitrogens with one attached hydrogen (secondary N) is 3. The van der Waals surface area contributed by atoms with Crippen LogP contribution in [0, 0.1) is 0 Å². The fraction of sp³-hybridized carbons (Fsp3) is 0.263. The molecule has 1 aliphatic heterocycles. The number of hydrogen-bond donors (Lipinski definition) is 3. The van der Waals surface area contributed by atoms with Crippen LogP contribution in [0.3, 0.4) is 0 Å². The molecule has 5 nitrogen and oxygen atoms in total. The Morgan fingerprint density at radius 3 is 2.77 bits per heavy atom. The van der Waals surface area contributed by atoms with Gasteiger partial charge in [-0.1, -0.05) is 47.5 Å². The number of carbonyl (C=O) groups is 2. The maximum Gasteiger partial charge on any atom is 0.315 e. The highest BCUT2D eigenvalue weighted by molar-refractivity contribution is 6.42. The molecule has 1 heterocycles. The van der Waals surface area contributed by atoms with E-state index >= 15 is 0 Å². The van der Waals surface area contributed by atoms with Gasteiger partial charge >= 0.3 is 6.03 Å². The quantitative estimate of drug-likeness (QED) is 0.718. The molecular formula is C19H19Cl2N3O2. The second kappa shape index (κ2) is 7.98. The Hall–Kier alpha value is -2.24. The van der Waals surface area contributed by atoms with Crippen molar-refractivity contribution in [2.75, 3.05) is 11.9 Å². The largest absolute Gasteiger partial charge is 0.338 e. The third kappa shape index (κ3) is 4.29. The summed E-state index contributed by atoms with van der Waals surface area (Å²) < 4.78 is 0. The minimum Gasteiger partial charge on any atom is -0.338 e. The molecule has 3 amide bonds. The van der Waals surface area contributed by atoms with Crippen LogP contribution in [0.15, 0.2) is 42.5 Å². The van der Waals surface area contributed by atoms with Gasteiger partial charge in [0, 0.05) is 24.6 Å². The van der Waals surface area contributed by atoms with Gasteiger partial charge in [-0.15, -0.1) is 0 Å². The van der Waals surface area contributed by atoms with Crippen LogP contribution in [-0.4, -0.2) is 18.5 Å². The Morgan fingerprint density at radius 1 is 1.23 bits per heavy atom. The van der Waals surface area contributed by atoms with E-state index < -0.39 is 0 Å². The number of para-hydroxylation sites is 1. The Kier molecular flexibility index (Phi) is 5.69. The summed E-state index contributed by atoms with van der Waals surface area (Å²) >= 11 is 11.9. The van der Waals surface area contributed by atoms with Crippen molar-refractivity contribution in [3.8, 4) is 0 Å². The van der Waals surface area contributed by atoms with Gasteiger partial charge in [-0.25, -0.2) is 4.79 Å². The van der Waals surface area contributed by atoms with Crippen LogP contribution in [0.4, 0.5) is 10.5 Å². The van der Waals surface area contributed by atoms with Gasteiger partial charge in [-0.3, -0.25) is 4.79 Å². The Bertz CT molecular complexity index is 841. The molecule has 0 saturated heterocycles. The molecule has 0 spiro atoms. The summed E-state index contributed by atoms with van der Waals surface area (Å²) in [5, 5.41) is 9.49. The number of anilines is 1. The lowest BCUT2D eigenvalue weighted by molar-refractivity contribution is -0.116. The van der Waals surface area contributed by atoms with Gasteiger partial charge in [0.1, 0.15) is 0 Å². The van der Waals surface area contributed by atoms with Gasteiger partial charge < -0.3 is 16.0 Å². The van der Waals surface area contributed by atoms with E-state index in [0.717, 1.165) is 16.8 Å². The van der Waals surface area contributed by atoms with Crippen LogP contribution in [0.5, 0.6) is 0 Å². The molecule has 7 heteroatoms. The number of halogens is 2. The fourth-order valence-corrected chi connectivity index (χ4v) is 3.32. The molecule has 26 heavy (non-hydrogen) atoms. The molecule has 0 aliphatic carbocycles. The number of carbonyl (C=O) groups excluding carboxylic acids is 2. The zero-order chi connectivity index (χ0) is 18.7. The molecule has 0 fully saturated rings. The molecule has 0 radical (unpaired) electrons. The summed E-state index contributed by atoms with van der Waals surface area (Å²) in [5.41, 5.74) is 2.70. The normalized spacial score (nSPS) is 17.0. The second-order valence-electron chi connectivity index (χ2n) is 6.29. The summed E-state index contributed by atoms with van der Waals surface area (Å²) in [4.78, 5) is 24.1. The van der Waals surface area contributed by atoms with E-state index in [4.69, 9.17) is 23.2 Å². The minimum absolute atomic E-state index is 0.0416. The Labute approximate surface area is 162 Å². The van der Waals surface area contributed by atoms with Gasteiger partial charge in [0.15, 0.2) is 0 Å². The van der Waals surface area contributed by atoms with Crippen molar-refractivity contribution >= 4 is 40.8 Å². The lowest BCUT2D eigenvalue weighted by Crippen LogP contribution is -2.40. The van der Waals surface area contributed by atoms with Crippen LogP contribution < -0.4 is 16.0 Å². The highest BCUT2D eigenvalue weighted by atomic mass is 35.5. The molecule has 0 bridgehead atoms. The van der Waals surface area contributed by atoms with Crippen molar-refractivity contribution in [2.45, 2.75) is 25.3 Å². The number of benzene rings is 2. The third-order valence-electron chi connectivity index (χ3n) is 4.41. The van der Waals surface area contributed by atoms with Gasteiger partial charge in [-0.2, -0.15) is 0 Å². The van der Waals surface area contributed by atoms with Crippen molar-refractivity contribution in [2.24, 2.45) is 0 Å². The van der Waals surface area contributed by atoms with Crippen molar-refractivity contribution in [3.05, 3.63) is 63.6 Å². The number of hydrogen-bond acceptors (Lipinski definition) is 2. The average Bonchev–Trinajstić information content (AvgIpc) is 2.61. The van der Waals surface area contributed by atoms with Gasteiger partial charge in [0.25, 0.3) is 0 Å². The first-order valence-electron chi connectivity index (χ1n) is 8.32. The monoisotopic (exact) mass is 391 g/mol. The number of amides is 3. The van der Waals surface area contributed by atoms with E-state index in [9.17, 15) is 9.59 Å². The van der Waals surface area contributed by atoms with Crippen LogP contribution in [0.1, 0.15) is 36.4 Å². The molecule has 0 aromatic heterocycles. The zero-order valence-corrected chi connectivity index (χ0v) is 15.7. The van der Waals surface area contributed by atoms with Gasteiger partial charge in [0.05, 0.1) is 16.1 Å². The molecule has 136 valence electrons. The van der Waals surface area contributed by atoms with Crippen LogP contribution in [-0.2, 0) is 4.79 Å². The second-order valence-corrected chi connectivity index (χ2v) is 7.10. The molecule has 1 aliphatic rings. The first kappa shape index (κ1) is 18.5. The van der Waals surface area contributed by atoms with E-state index in [0.29, 0.717) is 23.0 Å². The smallest absolute Gasteiger partial charge is 0.315 e. The van der Waals surface area contributed by atoms with Crippen LogP contribution in [0.25, 0.3) is 0 Å². The topological polar surface area (TPSA) is 70.2 Å². The molecule has 0 saturated carbocycles. The SMILES string of the molecule is CC(NC(=O)NCC1CC(=O)Nc2ccccc21)c1ccc(Cl)c(Cl)c1. The molecule has 2 aromatic carbocycles. The van der Waals surface area contributed by atoms with Crippen LogP contribution >= 0.6 is 23.2 Å². The van der Waals surface area contributed by atoms with E-state index in [1.54, 1.807) is 12.1 Å². The van der Waals surface area contributed by atoms with Crippen molar-refractivity contribution in [1.29, 1.82) is 0 Å². The molecular weight excluding hydrogens is 373 g/mol.